The van der Waals surface area contributed by atoms with Gasteiger partial charge in [0.25, 0.3) is 0 Å². The Labute approximate surface area is 211 Å². The molecular weight excluding hydrogens is 450 g/mol. The molecule has 186 valence electrons. The van der Waals surface area contributed by atoms with E-state index in [2.05, 4.69) is 24.9 Å². The van der Waals surface area contributed by atoms with Crippen molar-refractivity contribution in [3.05, 3.63) is 60.9 Å². The molecule has 0 bridgehead atoms. The molecule has 0 radical (unpaired) electrons. The molecule has 36 heavy (non-hydrogen) atoms. The molecule has 0 aliphatic carbocycles. The molecule has 2 fully saturated rings. The Morgan fingerprint density at radius 1 is 0.944 bits per heavy atom. The van der Waals surface area contributed by atoms with E-state index in [1.54, 1.807) is 6.33 Å². The van der Waals surface area contributed by atoms with Crippen LogP contribution in [-0.2, 0) is 0 Å². The van der Waals surface area contributed by atoms with Crippen molar-refractivity contribution in [2.24, 2.45) is 5.92 Å². The summed E-state index contributed by atoms with van der Waals surface area (Å²) in [5, 5.41) is 9.40. The molecule has 8 nitrogen and oxygen atoms in total. The number of nitrogens with zero attached hydrogens (tertiary/aromatic N) is 5. The first kappa shape index (κ1) is 22.9. The van der Waals surface area contributed by atoms with Crippen molar-refractivity contribution in [3.8, 4) is 22.8 Å². The summed E-state index contributed by atoms with van der Waals surface area (Å²) in [6.07, 6.45) is 6.34. The van der Waals surface area contributed by atoms with Crippen molar-refractivity contribution in [3.63, 3.8) is 0 Å². The Morgan fingerprint density at radius 2 is 1.72 bits per heavy atom. The van der Waals surface area contributed by atoms with Gasteiger partial charge >= 0.3 is 0 Å². The molecule has 4 heterocycles. The van der Waals surface area contributed by atoms with Crippen LogP contribution in [-0.4, -0.2) is 57.4 Å². The summed E-state index contributed by atoms with van der Waals surface area (Å²) >= 11 is 0. The minimum Gasteiger partial charge on any atom is -0.457 e. The third-order valence-corrected chi connectivity index (χ3v) is 7.43. The number of hydrogen-bond donors (Lipinski definition) is 2. The lowest BCUT2D eigenvalue weighted by atomic mass is 9.96. The van der Waals surface area contributed by atoms with E-state index in [9.17, 15) is 0 Å². The molecule has 1 atom stereocenters. The molecule has 2 saturated heterocycles. The van der Waals surface area contributed by atoms with Crippen LogP contribution in [0.2, 0.25) is 0 Å². The van der Waals surface area contributed by atoms with Crippen molar-refractivity contribution in [2.45, 2.75) is 31.7 Å². The number of ether oxygens (including phenoxy) is 1. The molecule has 2 aromatic heterocycles. The average Bonchev–Trinajstić information content (AvgIpc) is 3.32. The number of benzene rings is 2. The Bertz CT molecular complexity index is 1300. The number of nitrogens with one attached hydrogen (secondary N) is 1. The fourth-order valence-electron chi connectivity index (χ4n) is 5.58. The predicted molar refractivity (Wildman–Crippen MR) is 142 cm³/mol. The smallest absolute Gasteiger partial charge is 0.164 e. The van der Waals surface area contributed by atoms with Gasteiger partial charge in [-0.2, -0.15) is 5.10 Å². The van der Waals surface area contributed by atoms with Crippen LogP contribution in [0.4, 0.5) is 5.82 Å². The molecule has 2 aromatic carbocycles. The first-order valence-electron chi connectivity index (χ1n) is 13.0. The normalized spacial score (nSPS) is 19.5. The fourth-order valence-corrected chi connectivity index (χ4v) is 5.58. The number of fused-ring (bicyclic) bond motifs is 1. The Balaban J connectivity index is 1.27. The maximum atomic E-state index is 6.37. The van der Waals surface area contributed by atoms with Crippen LogP contribution in [0.5, 0.6) is 11.5 Å². The van der Waals surface area contributed by atoms with Gasteiger partial charge in [0.05, 0.1) is 11.4 Å². The molecule has 3 N–H and O–H groups in total. The van der Waals surface area contributed by atoms with Crippen molar-refractivity contribution in [1.82, 2.24) is 30.0 Å². The lowest BCUT2D eigenvalue weighted by Crippen LogP contribution is -2.42. The van der Waals surface area contributed by atoms with Crippen LogP contribution < -0.4 is 15.8 Å². The van der Waals surface area contributed by atoms with Gasteiger partial charge in [-0.05, 0) is 87.6 Å². The van der Waals surface area contributed by atoms with Crippen LogP contribution in [0.25, 0.3) is 22.3 Å². The zero-order valence-corrected chi connectivity index (χ0v) is 20.5. The highest BCUT2D eigenvalue weighted by Crippen LogP contribution is 2.35. The number of piperidine rings is 2. The van der Waals surface area contributed by atoms with Crippen LogP contribution in [0.3, 0.4) is 0 Å². The van der Waals surface area contributed by atoms with E-state index < -0.39 is 0 Å². The molecule has 0 spiro atoms. The summed E-state index contributed by atoms with van der Waals surface area (Å²) in [4.78, 5) is 11.5. The maximum Gasteiger partial charge on any atom is 0.164 e. The number of hydrogen-bond acceptors (Lipinski definition) is 7. The average molecular weight is 484 g/mol. The fraction of sp³-hybridized carbons (Fsp3) is 0.393. The monoisotopic (exact) mass is 483 g/mol. The predicted octanol–water partition coefficient (Wildman–Crippen LogP) is 4.50. The SMILES string of the molecule is Nc1ncnc2c1c(-c1ccc(Oc3ccccc3)cc1)nn2[C@@H]1CCCN(CC2CCNCC2)C1. The summed E-state index contributed by atoms with van der Waals surface area (Å²) in [6, 6.07) is 18.0. The standard InChI is InChI=1S/C28H33N7O/c29-27-25-26(21-8-10-24(11-9-21)36-23-6-2-1-3-7-23)33-35(28(25)32-19-31-27)22-5-4-16-34(18-22)17-20-12-14-30-15-13-20/h1-3,6-11,19-20,22,30H,4-5,12-18H2,(H2,29,31,32)/t22-/m1/s1. The number of nitrogen functional groups attached to an aromatic ring is 1. The second kappa shape index (κ2) is 10.2. The van der Waals surface area contributed by atoms with Gasteiger partial charge in [-0.3, -0.25) is 0 Å². The highest BCUT2D eigenvalue weighted by atomic mass is 16.5. The molecule has 2 aliphatic heterocycles. The van der Waals surface area contributed by atoms with E-state index >= 15 is 0 Å². The molecule has 2 aliphatic rings. The van der Waals surface area contributed by atoms with Gasteiger partial charge in [0, 0.05) is 18.7 Å². The minimum absolute atomic E-state index is 0.270. The van der Waals surface area contributed by atoms with Crippen molar-refractivity contribution in [2.75, 3.05) is 38.5 Å². The lowest BCUT2D eigenvalue weighted by molar-refractivity contribution is 0.139. The highest BCUT2D eigenvalue weighted by molar-refractivity contribution is 5.98. The summed E-state index contributed by atoms with van der Waals surface area (Å²) in [5.74, 6) is 2.83. The molecular formula is C28H33N7O. The summed E-state index contributed by atoms with van der Waals surface area (Å²) < 4.78 is 8.07. The molecule has 0 amide bonds. The quantitative estimate of drug-likeness (QED) is 0.417. The van der Waals surface area contributed by atoms with Gasteiger partial charge in [0.15, 0.2) is 5.65 Å². The highest BCUT2D eigenvalue weighted by Gasteiger charge is 2.28. The van der Waals surface area contributed by atoms with Crippen molar-refractivity contribution in [1.29, 1.82) is 0 Å². The van der Waals surface area contributed by atoms with Gasteiger partial charge in [0.2, 0.25) is 0 Å². The maximum absolute atomic E-state index is 6.37. The zero-order chi connectivity index (χ0) is 24.3. The van der Waals surface area contributed by atoms with Crippen LogP contribution >= 0.6 is 0 Å². The topological polar surface area (TPSA) is 94.1 Å². The molecule has 0 unspecified atom stereocenters. The van der Waals surface area contributed by atoms with E-state index in [-0.39, 0.29) is 6.04 Å². The Morgan fingerprint density at radius 3 is 2.53 bits per heavy atom. The molecule has 6 rings (SSSR count). The summed E-state index contributed by atoms with van der Waals surface area (Å²) in [5.41, 5.74) is 8.99. The number of nitrogens with two attached hydrogens (primary N) is 1. The first-order chi connectivity index (χ1) is 17.7. The Hall–Kier alpha value is -3.49. The Kier molecular flexibility index (Phi) is 6.53. The lowest BCUT2D eigenvalue weighted by Gasteiger charge is -2.36. The summed E-state index contributed by atoms with van der Waals surface area (Å²) in [7, 11) is 0. The van der Waals surface area contributed by atoms with E-state index in [0.29, 0.717) is 5.82 Å². The third kappa shape index (κ3) is 4.79. The van der Waals surface area contributed by atoms with E-state index in [4.69, 9.17) is 15.6 Å². The second-order valence-corrected chi connectivity index (χ2v) is 9.94. The number of anilines is 1. The van der Waals surface area contributed by atoms with Crippen LogP contribution in [0.15, 0.2) is 60.9 Å². The number of rotatable bonds is 6. The number of aromatic nitrogens is 4. The van der Waals surface area contributed by atoms with Gasteiger partial charge in [0.1, 0.15) is 29.3 Å². The van der Waals surface area contributed by atoms with Gasteiger partial charge in [-0.15, -0.1) is 0 Å². The molecule has 4 aromatic rings. The van der Waals surface area contributed by atoms with E-state index in [1.165, 1.54) is 25.8 Å². The van der Waals surface area contributed by atoms with E-state index in [0.717, 1.165) is 72.3 Å². The summed E-state index contributed by atoms with van der Waals surface area (Å²) in [6.45, 7) is 5.60. The third-order valence-electron chi connectivity index (χ3n) is 7.43. The first-order valence-corrected chi connectivity index (χ1v) is 13.0. The minimum atomic E-state index is 0.270. The largest absolute Gasteiger partial charge is 0.457 e. The number of likely N-dealkylation sites (tertiary alicyclic amines) is 1. The number of para-hydroxylation sites is 1. The van der Waals surface area contributed by atoms with Gasteiger partial charge in [-0.25, -0.2) is 14.6 Å². The van der Waals surface area contributed by atoms with Crippen LogP contribution in [0.1, 0.15) is 31.7 Å². The van der Waals surface area contributed by atoms with E-state index in [1.807, 2.05) is 54.6 Å². The molecule has 0 saturated carbocycles. The van der Waals surface area contributed by atoms with Gasteiger partial charge in [-0.1, -0.05) is 18.2 Å². The van der Waals surface area contributed by atoms with Crippen LogP contribution in [0, 0.1) is 5.92 Å². The van der Waals surface area contributed by atoms with Crippen molar-refractivity contribution < 1.29 is 4.74 Å². The van der Waals surface area contributed by atoms with Gasteiger partial charge < -0.3 is 20.7 Å². The molecule has 8 heteroatoms. The second-order valence-electron chi connectivity index (χ2n) is 9.94. The zero-order valence-electron chi connectivity index (χ0n) is 20.5. The van der Waals surface area contributed by atoms with Crippen molar-refractivity contribution >= 4 is 16.9 Å².